The number of hydrogen-bond donors (Lipinski definition) is 0. The molecule has 1 rings (SSSR count). The fourth-order valence-corrected chi connectivity index (χ4v) is 1.88. The molecule has 1 amide bonds. The lowest BCUT2D eigenvalue weighted by Crippen LogP contribution is -2.36. The van der Waals surface area contributed by atoms with Crippen LogP contribution in [0.25, 0.3) is 0 Å². The summed E-state index contributed by atoms with van der Waals surface area (Å²) in [6.45, 7) is 5.72. The maximum absolute atomic E-state index is 11.9. The van der Waals surface area contributed by atoms with Gasteiger partial charge in [-0.25, -0.2) is 0 Å². The lowest BCUT2D eigenvalue weighted by atomic mass is 10.0. The fraction of sp³-hybridized carbons (Fsp3) is 0.909. The molecule has 14 heavy (non-hydrogen) atoms. The zero-order chi connectivity index (χ0) is 10.6. The fourth-order valence-electron chi connectivity index (χ4n) is 1.76. The van der Waals surface area contributed by atoms with Gasteiger partial charge in [-0.3, -0.25) is 4.79 Å². The van der Waals surface area contributed by atoms with Gasteiger partial charge in [0.25, 0.3) is 0 Å². The number of alkyl halides is 1. The molecule has 0 saturated heterocycles. The van der Waals surface area contributed by atoms with E-state index in [9.17, 15) is 4.79 Å². The van der Waals surface area contributed by atoms with E-state index in [2.05, 4.69) is 6.92 Å². The summed E-state index contributed by atoms with van der Waals surface area (Å²) in [4.78, 5) is 13.9. The summed E-state index contributed by atoms with van der Waals surface area (Å²) in [5.74, 6) is 1.85. The van der Waals surface area contributed by atoms with Crippen molar-refractivity contribution in [2.24, 2.45) is 11.8 Å². The summed E-state index contributed by atoms with van der Waals surface area (Å²) in [5.41, 5.74) is 0. The molecular formula is C11H20ClNO. The van der Waals surface area contributed by atoms with Crippen molar-refractivity contribution in [1.82, 2.24) is 4.90 Å². The molecule has 0 heterocycles. The average molecular weight is 218 g/mol. The quantitative estimate of drug-likeness (QED) is 0.627. The van der Waals surface area contributed by atoms with E-state index in [0.717, 1.165) is 19.5 Å². The lowest BCUT2D eigenvalue weighted by molar-refractivity contribution is -0.135. The first-order valence-corrected chi connectivity index (χ1v) is 6.08. The van der Waals surface area contributed by atoms with Crippen LogP contribution in [0.5, 0.6) is 0 Å². The van der Waals surface area contributed by atoms with Crippen molar-refractivity contribution in [2.45, 2.75) is 33.1 Å². The van der Waals surface area contributed by atoms with Gasteiger partial charge in [0.2, 0.25) is 5.91 Å². The summed E-state index contributed by atoms with van der Waals surface area (Å²) >= 11 is 5.62. The van der Waals surface area contributed by atoms with Crippen molar-refractivity contribution >= 4 is 17.5 Å². The highest BCUT2D eigenvalue weighted by Gasteiger charge is 2.34. The van der Waals surface area contributed by atoms with Crippen LogP contribution in [0.3, 0.4) is 0 Å². The molecule has 1 unspecified atom stereocenters. The van der Waals surface area contributed by atoms with Gasteiger partial charge in [0.15, 0.2) is 0 Å². The Kier molecular flexibility index (Phi) is 4.73. The Morgan fingerprint density at radius 3 is 2.64 bits per heavy atom. The van der Waals surface area contributed by atoms with E-state index in [-0.39, 0.29) is 5.92 Å². The standard InChI is InChI=1S/C11H20ClNO/c1-3-13(8-4-7-12)11(14)9(2)10-5-6-10/h9-10H,3-8H2,1-2H3. The third kappa shape index (κ3) is 3.16. The van der Waals surface area contributed by atoms with Gasteiger partial charge < -0.3 is 4.90 Å². The number of amides is 1. The molecule has 1 fully saturated rings. The number of hydrogen-bond acceptors (Lipinski definition) is 1. The zero-order valence-electron chi connectivity index (χ0n) is 9.13. The van der Waals surface area contributed by atoms with Crippen LogP contribution in [0.15, 0.2) is 0 Å². The van der Waals surface area contributed by atoms with E-state index >= 15 is 0 Å². The van der Waals surface area contributed by atoms with E-state index < -0.39 is 0 Å². The van der Waals surface area contributed by atoms with Gasteiger partial charge >= 0.3 is 0 Å². The molecule has 0 aromatic carbocycles. The van der Waals surface area contributed by atoms with Gasteiger partial charge in [-0.1, -0.05) is 6.92 Å². The Bertz CT molecular complexity index is 192. The Hall–Kier alpha value is -0.240. The molecule has 0 N–H and O–H groups in total. The third-order valence-corrected chi connectivity index (χ3v) is 3.24. The molecule has 0 aliphatic heterocycles. The van der Waals surface area contributed by atoms with E-state index in [4.69, 9.17) is 11.6 Å². The van der Waals surface area contributed by atoms with E-state index in [0.29, 0.717) is 17.7 Å². The van der Waals surface area contributed by atoms with Crippen LogP contribution >= 0.6 is 11.6 Å². The zero-order valence-corrected chi connectivity index (χ0v) is 9.89. The van der Waals surface area contributed by atoms with Crippen molar-refractivity contribution < 1.29 is 4.79 Å². The van der Waals surface area contributed by atoms with Crippen LogP contribution in [-0.2, 0) is 4.79 Å². The maximum atomic E-state index is 11.9. The monoisotopic (exact) mass is 217 g/mol. The molecule has 0 radical (unpaired) electrons. The summed E-state index contributed by atoms with van der Waals surface area (Å²) < 4.78 is 0. The van der Waals surface area contributed by atoms with E-state index in [1.54, 1.807) is 0 Å². The lowest BCUT2D eigenvalue weighted by Gasteiger charge is -2.24. The van der Waals surface area contributed by atoms with Crippen LogP contribution in [0.4, 0.5) is 0 Å². The van der Waals surface area contributed by atoms with Crippen LogP contribution in [0.1, 0.15) is 33.1 Å². The molecule has 2 nitrogen and oxygen atoms in total. The molecular weight excluding hydrogens is 198 g/mol. The second kappa shape index (κ2) is 5.59. The molecule has 1 aliphatic carbocycles. The smallest absolute Gasteiger partial charge is 0.225 e. The molecule has 1 saturated carbocycles. The molecule has 1 atom stereocenters. The summed E-state index contributed by atoms with van der Waals surface area (Å²) in [7, 11) is 0. The normalized spacial score (nSPS) is 17.9. The Labute approximate surface area is 91.6 Å². The van der Waals surface area contributed by atoms with Crippen LogP contribution in [0.2, 0.25) is 0 Å². The second-order valence-corrected chi connectivity index (χ2v) is 4.46. The number of carbonyl (C=O) groups excluding carboxylic acids is 1. The number of carbonyl (C=O) groups is 1. The van der Waals surface area contributed by atoms with Gasteiger partial charge in [0.05, 0.1) is 0 Å². The average Bonchev–Trinajstić information content (AvgIpc) is 3.01. The minimum atomic E-state index is 0.227. The maximum Gasteiger partial charge on any atom is 0.225 e. The summed E-state index contributed by atoms with van der Waals surface area (Å²) in [5, 5.41) is 0. The Balaban J connectivity index is 2.37. The molecule has 0 bridgehead atoms. The van der Waals surface area contributed by atoms with Gasteiger partial charge in [-0.15, -0.1) is 11.6 Å². The van der Waals surface area contributed by atoms with Gasteiger partial charge in [-0.05, 0) is 32.1 Å². The summed E-state index contributed by atoms with van der Waals surface area (Å²) in [6, 6.07) is 0. The van der Waals surface area contributed by atoms with Crippen LogP contribution < -0.4 is 0 Å². The molecule has 3 heteroatoms. The van der Waals surface area contributed by atoms with Crippen LogP contribution in [0, 0.1) is 11.8 Å². The van der Waals surface area contributed by atoms with Crippen molar-refractivity contribution in [2.75, 3.05) is 19.0 Å². The van der Waals surface area contributed by atoms with Crippen molar-refractivity contribution in [1.29, 1.82) is 0 Å². The minimum absolute atomic E-state index is 0.227. The van der Waals surface area contributed by atoms with E-state index in [1.807, 2.05) is 11.8 Å². The van der Waals surface area contributed by atoms with Gasteiger partial charge in [0.1, 0.15) is 0 Å². The highest BCUT2D eigenvalue weighted by molar-refractivity contribution is 6.17. The highest BCUT2D eigenvalue weighted by atomic mass is 35.5. The predicted octanol–water partition coefficient (Wildman–Crippen LogP) is 2.51. The van der Waals surface area contributed by atoms with E-state index in [1.165, 1.54) is 12.8 Å². The molecule has 0 aromatic rings. The molecule has 0 aromatic heterocycles. The largest absolute Gasteiger partial charge is 0.343 e. The molecule has 0 spiro atoms. The van der Waals surface area contributed by atoms with Crippen molar-refractivity contribution in [3.8, 4) is 0 Å². The first-order chi connectivity index (χ1) is 6.70. The van der Waals surface area contributed by atoms with Gasteiger partial charge in [0, 0.05) is 24.9 Å². The number of rotatable bonds is 6. The predicted molar refractivity (Wildman–Crippen MR) is 59.5 cm³/mol. The SMILES string of the molecule is CCN(CCCCl)C(=O)C(C)C1CC1. The Morgan fingerprint density at radius 2 is 2.21 bits per heavy atom. The highest BCUT2D eigenvalue weighted by Crippen LogP contribution is 2.37. The third-order valence-electron chi connectivity index (χ3n) is 2.97. The van der Waals surface area contributed by atoms with Gasteiger partial charge in [-0.2, -0.15) is 0 Å². The Morgan fingerprint density at radius 1 is 1.57 bits per heavy atom. The van der Waals surface area contributed by atoms with Crippen molar-refractivity contribution in [3.63, 3.8) is 0 Å². The number of halogens is 1. The molecule has 82 valence electrons. The first kappa shape index (κ1) is 11.8. The second-order valence-electron chi connectivity index (χ2n) is 4.09. The topological polar surface area (TPSA) is 20.3 Å². The van der Waals surface area contributed by atoms with Crippen LogP contribution in [-0.4, -0.2) is 29.8 Å². The summed E-state index contributed by atoms with van der Waals surface area (Å²) in [6.07, 6.45) is 3.37. The number of nitrogens with zero attached hydrogens (tertiary/aromatic N) is 1. The molecule has 1 aliphatic rings. The minimum Gasteiger partial charge on any atom is -0.343 e. The van der Waals surface area contributed by atoms with Crippen molar-refractivity contribution in [3.05, 3.63) is 0 Å². The first-order valence-electron chi connectivity index (χ1n) is 5.55.